The summed E-state index contributed by atoms with van der Waals surface area (Å²) in [5.74, 6) is 0. The first-order valence-corrected chi connectivity index (χ1v) is 21.4. The predicted molar refractivity (Wildman–Crippen MR) is 263 cm³/mol. The van der Waals surface area contributed by atoms with Crippen molar-refractivity contribution in [2.45, 2.75) is 62.3 Å². The lowest BCUT2D eigenvalue weighted by atomic mass is 9.82. The molecule has 0 saturated carbocycles. The second-order valence-corrected chi connectivity index (χ2v) is 13.8. The molecule has 296 valence electrons. The molecule has 0 atom stereocenters. The summed E-state index contributed by atoms with van der Waals surface area (Å²) in [6, 6.07) is 71.8. The van der Waals surface area contributed by atoms with Crippen molar-refractivity contribution >= 4 is 21.5 Å². The van der Waals surface area contributed by atoms with Gasteiger partial charge in [-0.1, -0.05) is 258 Å². The highest BCUT2D eigenvalue weighted by atomic mass is 14.3. The van der Waals surface area contributed by atoms with E-state index in [9.17, 15) is 0 Å². The average Bonchev–Trinajstić information content (AvgIpc) is 3.64. The van der Waals surface area contributed by atoms with E-state index in [1.54, 1.807) is 0 Å². The molecule has 0 amide bonds. The van der Waals surface area contributed by atoms with E-state index in [0.717, 1.165) is 0 Å². The van der Waals surface area contributed by atoms with Gasteiger partial charge in [0.1, 0.15) is 0 Å². The summed E-state index contributed by atoms with van der Waals surface area (Å²) in [5.41, 5.74) is 17.0. The van der Waals surface area contributed by atoms with Gasteiger partial charge in [0.2, 0.25) is 0 Å². The van der Waals surface area contributed by atoms with E-state index >= 15 is 0 Å². The number of rotatable bonds is 3. The third-order valence-corrected chi connectivity index (χ3v) is 10.2. The highest BCUT2D eigenvalue weighted by molar-refractivity contribution is 6.28. The maximum Gasteiger partial charge on any atom is -0.000741 e. The molecule has 0 bridgehead atoms. The zero-order valence-electron chi connectivity index (χ0n) is 36.6. The lowest BCUT2D eigenvalue weighted by molar-refractivity contribution is 1.47. The molecule has 0 heteroatoms. The Hall–Kier alpha value is -6.50. The van der Waals surface area contributed by atoms with Crippen LogP contribution >= 0.6 is 0 Å². The van der Waals surface area contributed by atoms with Crippen LogP contribution in [0.2, 0.25) is 0 Å². The third-order valence-electron chi connectivity index (χ3n) is 10.2. The number of fused-ring (bicyclic) bond motifs is 4. The average molecular weight is 769 g/mol. The fourth-order valence-corrected chi connectivity index (χ4v) is 7.66. The van der Waals surface area contributed by atoms with Crippen LogP contribution in [0.4, 0.5) is 0 Å². The number of hydrogen-bond acceptors (Lipinski definition) is 0. The zero-order valence-corrected chi connectivity index (χ0v) is 36.6. The quantitative estimate of drug-likeness (QED) is 0.168. The molecule has 0 spiro atoms. The van der Waals surface area contributed by atoms with E-state index in [4.69, 9.17) is 0 Å². The van der Waals surface area contributed by atoms with Crippen molar-refractivity contribution in [1.29, 1.82) is 0 Å². The van der Waals surface area contributed by atoms with Crippen molar-refractivity contribution in [3.8, 4) is 55.6 Å². The summed E-state index contributed by atoms with van der Waals surface area (Å²) in [6.45, 7) is 18.3. The molecule has 10 rings (SSSR count). The minimum absolute atomic E-state index is 1.26. The summed E-state index contributed by atoms with van der Waals surface area (Å²) in [7, 11) is 0. The molecule has 1 aliphatic rings. The molecule has 9 aromatic rings. The third kappa shape index (κ3) is 9.80. The summed E-state index contributed by atoms with van der Waals surface area (Å²) >= 11 is 0. The Kier molecular flexibility index (Phi) is 16.2. The molecule has 59 heavy (non-hydrogen) atoms. The zero-order chi connectivity index (χ0) is 42.1. The van der Waals surface area contributed by atoms with Crippen molar-refractivity contribution in [2.24, 2.45) is 0 Å². The Morgan fingerprint density at radius 2 is 0.559 bits per heavy atom. The Morgan fingerprint density at radius 3 is 0.966 bits per heavy atom. The molecule has 0 saturated heterocycles. The molecule has 0 fully saturated rings. The van der Waals surface area contributed by atoms with Crippen LogP contribution < -0.4 is 0 Å². The van der Waals surface area contributed by atoms with Crippen LogP contribution in [0, 0.1) is 20.8 Å². The minimum Gasteiger partial charge on any atom is -0.0683 e. The van der Waals surface area contributed by atoms with Crippen LogP contribution in [0.25, 0.3) is 77.2 Å². The first-order chi connectivity index (χ1) is 29.1. The summed E-state index contributed by atoms with van der Waals surface area (Å²) in [6.07, 6.45) is 0. The van der Waals surface area contributed by atoms with E-state index in [0.29, 0.717) is 0 Å². The molecule has 1 aliphatic carbocycles. The molecular formula is C59H60. The second-order valence-electron chi connectivity index (χ2n) is 13.8. The molecule has 0 aliphatic heterocycles. The van der Waals surface area contributed by atoms with Gasteiger partial charge in [0.05, 0.1) is 0 Å². The van der Waals surface area contributed by atoms with Gasteiger partial charge in [-0.3, -0.25) is 0 Å². The molecule has 0 aromatic heterocycles. The van der Waals surface area contributed by atoms with Crippen LogP contribution in [-0.2, 0) is 0 Å². The predicted octanol–water partition coefficient (Wildman–Crippen LogP) is 18.0. The highest BCUT2D eigenvalue weighted by Gasteiger charge is 2.31. The van der Waals surface area contributed by atoms with Gasteiger partial charge in [0, 0.05) is 0 Å². The number of hydrogen-bond donors (Lipinski definition) is 0. The van der Waals surface area contributed by atoms with Crippen molar-refractivity contribution in [3.63, 3.8) is 0 Å². The SMILES string of the molecule is CC.CC.CC.Cc1ccc(-c2ccc3c4c(cccc24)-c2c-3c(-c3ccccc3)c3ccccc3c2-c2ccccc2)cc1.Cc1ccccc1.Cc1ccccc1. The van der Waals surface area contributed by atoms with Crippen LogP contribution in [0.1, 0.15) is 58.2 Å². The van der Waals surface area contributed by atoms with E-state index < -0.39 is 0 Å². The van der Waals surface area contributed by atoms with Crippen molar-refractivity contribution < 1.29 is 0 Å². The van der Waals surface area contributed by atoms with E-state index in [1.807, 2.05) is 77.9 Å². The van der Waals surface area contributed by atoms with Crippen molar-refractivity contribution in [1.82, 2.24) is 0 Å². The standard InChI is InChI=1S/C39H26.2C7H8.3C2H6/c1-25-19-21-26(22-20-25)29-23-24-34-37-30(29)17-10-18-33(37)38-35(27-11-4-2-5-12-27)31-15-8-9-16-32(31)36(39(34)38)28-13-6-3-7-14-28;2*1-7-5-3-2-4-6-7;3*1-2/h2-24H,1H3;2*2-6H,1H3;3*1-2H3. The van der Waals surface area contributed by atoms with Gasteiger partial charge in [-0.2, -0.15) is 0 Å². The minimum atomic E-state index is 1.26. The highest BCUT2D eigenvalue weighted by Crippen LogP contribution is 2.58. The molecule has 9 aromatic carbocycles. The smallest absolute Gasteiger partial charge is 0.000741 e. The molecule has 0 radical (unpaired) electrons. The fourth-order valence-electron chi connectivity index (χ4n) is 7.66. The molecule has 0 nitrogen and oxygen atoms in total. The van der Waals surface area contributed by atoms with Crippen LogP contribution in [0.5, 0.6) is 0 Å². The Morgan fingerprint density at radius 1 is 0.220 bits per heavy atom. The summed E-state index contributed by atoms with van der Waals surface area (Å²) in [4.78, 5) is 0. The first-order valence-electron chi connectivity index (χ1n) is 21.4. The van der Waals surface area contributed by atoms with Gasteiger partial charge in [0.15, 0.2) is 0 Å². The van der Waals surface area contributed by atoms with Crippen LogP contribution in [-0.4, -0.2) is 0 Å². The van der Waals surface area contributed by atoms with Gasteiger partial charge in [-0.15, -0.1) is 0 Å². The molecule has 0 unspecified atom stereocenters. The molecule has 0 N–H and O–H groups in total. The van der Waals surface area contributed by atoms with Gasteiger partial charge in [-0.05, 0) is 98.0 Å². The normalized spacial score (nSPS) is 10.1. The maximum absolute atomic E-state index is 2.36. The van der Waals surface area contributed by atoms with E-state index in [-0.39, 0.29) is 0 Å². The largest absolute Gasteiger partial charge is 0.0683 e. The Labute approximate surface area is 354 Å². The van der Waals surface area contributed by atoms with Crippen LogP contribution in [0.3, 0.4) is 0 Å². The maximum atomic E-state index is 2.36. The summed E-state index contributed by atoms with van der Waals surface area (Å²) < 4.78 is 0. The molecule has 0 heterocycles. The second kappa shape index (κ2) is 21.9. The Bertz CT molecular complexity index is 2510. The van der Waals surface area contributed by atoms with Gasteiger partial charge in [0.25, 0.3) is 0 Å². The Balaban J connectivity index is 0.000000275. The van der Waals surface area contributed by atoms with Gasteiger partial charge in [-0.25, -0.2) is 0 Å². The van der Waals surface area contributed by atoms with Gasteiger partial charge < -0.3 is 0 Å². The molecular weight excluding hydrogens is 709 g/mol. The number of benzene rings is 9. The summed E-state index contributed by atoms with van der Waals surface area (Å²) in [5, 5.41) is 5.26. The fraction of sp³-hybridized carbons (Fsp3) is 0.153. The topological polar surface area (TPSA) is 0 Å². The lowest BCUT2D eigenvalue weighted by Crippen LogP contribution is -1.93. The van der Waals surface area contributed by atoms with Crippen molar-refractivity contribution in [2.75, 3.05) is 0 Å². The lowest BCUT2D eigenvalue weighted by Gasteiger charge is -2.20. The van der Waals surface area contributed by atoms with Crippen LogP contribution in [0.15, 0.2) is 200 Å². The van der Waals surface area contributed by atoms with E-state index in [2.05, 4.69) is 185 Å². The monoisotopic (exact) mass is 768 g/mol. The first kappa shape index (κ1) is 43.6. The van der Waals surface area contributed by atoms with E-state index in [1.165, 1.54) is 93.9 Å². The van der Waals surface area contributed by atoms with Crippen molar-refractivity contribution in [3.05, 3.63) is 217 Å². The number of aryl methyl sites for hydroxylation is 3. The van der Waals surface area contributed by atoms with Gasteiger partial charge >= 0.3 is 0 Å².